The van der Waals surface area contributed by atoms with Crippen LogP contribution < -0.4 is 0 Å². The molecule has 0 amide bonds. The van der Waals surface area contributed by atoms with E-state index in [-0.39, 0.29) is 4.90 Å². The van der Waals surface area contributed by atoms with E-state index in [9.17, 15) is 20.7 Å². The molecule has 1 rings (SSSR count). The van der Waals surface area contributed by atoms with E-state index in [0.29, 0.717) is 18.9 Å². The first-order valence-corrected chi connectivity index (χ1v) is 8.88. The number of hydrogen-bond acceptors (Lipinski definition) is 4. The van der Waals surface area contributed by atoms with Gasteiger partial charge in [0, 0.05) is 13.6 Å². The Hall–Kier alpha value is -0.990. The highest BCUT2D eigenvalue weighted by Crippen LogP contribution is 2.19. The normalized spacial score (nSPS) is 13.1. The number of rotatable bonds is 6. The lowest BCUT2D eigenvalue weighted by Gasteiger charge is -2.18. The first kappa shape index (κ1) is 17.1. The van der Waals surface area contributed by atoms with Crippen LogP contribution in [0.4, 0.5) is 3.89 Å². The van der Waals surface area contributed by atoms with Gasteiger partial charge >= 0.3 is 10.2 Å². The molecule has 20 heavy (non-hydrogen) atoms. The summed E-state index contributed by atoms with van der Waals surface area (Å²) in [6.45, 7) is 4.34. The molecule has 5 nitrogen and oxygen atoms in total. The van der Waals surface area contributed by atoms with Crippen molar-refractivity contribution < 1.29 is 20.7 Å². The molecule has 1 aromatic rings. The Morgan fingerprint density at radius 2 is 1.50 bits per heavy atom. The van der Waals surface area contributed by atoms with Gasteiger partial charge in [0.2, 0.25) is 10.0 Å². The highest BCUT2D eigenvalue weighted by molar-refractivity contribution is 7.89. The zero-order valence-electron chi connectivity index (χ0n) is 11.6. The molecule has 0 saturated carbocycles. The first-order valence-electron chi connectivity index (χ1n) is 6.06. The van der Waals surface area contributed by atoms with Gasteiger partial charge in [-0.2, -0.15) is 8.42 Å². The monoisotopic (exact) mass is 323 g/mol. The quantitative estimate of drug-likeness (QED) is 0.751. The maximum atomic E-state index is 12.7. The molecule has 0 atom stereocenters. The Labute approximate surface area is 119 Å². The van der Waals surface area contributed by atoms with Gasteiger partial charge < -0.3 is 0 Å². The standard InChI is InChI=1S/C12H18FNO4S2/c1-10(2)8-9-14(3)20(17,18)12-6-4-11(5-7-12)19(13,15)16/h4-7,10H,8-9H2,1-3H3. The average Bonchev–Trinajstić information content (AvgIpc) is 2.34. The average molecular weight is 323 g/mol. The lowest BCUT2D eigenvalue weighted by atomic mass is 10.1. The van der Waals surface area contributed by atoms with E-state index in [0.717, 1.165) is 24.3 Å². The molecule has 0 aliphatic carbocycles. The smallest absolute Gasteiger partial charge is 0.207 e. The van der Waals surface area contributed by atoms with Crippen molar-refractivity contribution in [2.45, 2.75) is 30.1 Å². The molecule has 0 radical (unpaired) electrons. The van der Waals surface area contributed by atoms with E-state index in [4.69, 9.17) is 0 Å². The van der Waals surface area contributed by atoms with E-state index in [1.54, 1.807) is 0 Å². The Morgan fingerprint density at radius 1 is 1.05 bits per heavy atom. The largest absolute Gasteiger partial charge is 0.332 e. The Kier molecular flexibility index (Phi) is 5.28. The van der Waals surface area contributed by atoms with Gasteiger partial charge in [-0.15, -0.1) is 3.89 Å². The van der Waals surface area contributed by atoms with E-state index in [1.807, 2.05) is 13.8 Å². The van der Waals surface area contributed by atoms with Crippen molar-refractivity contribution >= 4 is 20.2 Å². The van der Waals surface area contributed by atoms with Gasteiger partial charge in [-0.1, -0.05) is 13.8 Å². The number of halogens is 1. The van der Waals surface area contributed by atoms with Gasteiger partial charge in [-0.05, 0) is 36.6 Å². The molecule has 0 unspecified atom stereocenters. The van der Waals surface area contributed by atoms with Crippen LogP contribution in [0.25, 0.3) is 0 Å². The van der Waals surface area contributed by atoms with Crippen LogP contribution in [-0.4, -0.2) is 34.7 Å². The predicted octanol–water partition coefficient (Wildman–Crippen LogP) is 2.01. The molecule has 0 aromatic heterocycles. The minimum absolute atomic E-state index is 0.0591. The van der Waals surface area contributed by atoms with Crippen molar-refractivity contribution in [2.24, 2.45) is 5.92 Å². The van der Waals surface area contributed by atoms with Crippen molar-refractivity contribution in [2.75, 3.05) is 13.6 Å². The highest BCUT2D eigenvalue weighted by atomic mass is 32.3. The van der Waals surface area contributed by atoms with Gasteiger partial charge in [0.05, 0.1) is 9.79 Å². The van der Waals surface area contributed by atoms with Crippen molar-refractivity contribution in [3.63, 3.8) is 0 Å². The molecule has 0 N–H and O–H groups in total. The summed E-state index contributed by atoms with van der Waals surface area (Å²) >= 11 is 0. The third-order valence-electron chi connectivity index (χ3n) is 2.83. The maximum Gasteiger partial charge on any atom is 0.332 e. The number of nitrogens with zero attached hydrogens (tertiary/aromatic N) is 1. The number of sulfonamides is 1. The predicted molar refractivity (Wildman–Crippen MR) is 74.0 cm³/mol. The molecule has 0 bridgehead atoms. The molecule has 0 aliphatic rings. The van der Waals surface area contributed by atoms with Crippen LogP contribution in [0.3, 0.4) is 0 Å². The molecule has 114 valence electrons. The minimum atomic E-state index is -4.82. The molecule has 0 aliphatic heterocycles. The second-order valence-corrected chi connectivity index (χ2v) is 8.31. The third kappa shape index (κ3) is 4.26. The molecule has 0 saturated heterocycles. The number of benzene rings is 1. The van der Waals surface area contributed by atoms with E-state index >= 15 is 0 Å². The van der Waals surface area contributed by atoms with Gasteiger partial charge in [0.25, 0.3) is 0 Å². The van der Waals surface area contributed by atoms with Gasteiger partial charge in [-0.3, -0.25) is 0 Å². The number of hydrogen-bond donors (Lipinski definition) is 0. The van der Waals surface area contributed by atoms with Crippen LogP contribution in [0.15, 0.2) is 34.1 Å². The highest BCUT2D eigenvalue weighted by Gasteiger charge is 2.21. The van der Waals surface area contributed by atoms with Crippen molar-refractivity contribution in [3.05, 3.63) is 24.3 Å². The van der Waals surface area contributed by atoms with Gasteiger partial charge in [-0.25, -0.2) is 12.7 Å². The summed E-state index contributed by atoms with van der Waals surface area (Å²) in [5.74, 6) is 0.367. The van der Waals surface area contributed by atoms with E-state index in [1.165, 1.54) is 11.4 Å². The van der Waals surface area contributed by atoms with Crippen LogP contribution in [-0.2, 0) is 20.2 Å². The summed E-state index contributed by atoms with van der Waals surface area (Å²) in [5, 5.41) is 0. The summed E-state index contributed by atoms with van der Waals surface area (Å²) in [6, 6.07) is 4.07. The van der Waals surface area contributed by atoms with Crippen molar-refractivity contribution in [3.8, 4) is 0 Å². The summed E-state index contributed by atoms with van der Waals surface area (Å²) < 4.78 is 59.7. The van der Waals surface area contributed by atoms with Crippen LogP contribution in [0.1, 0.15) is 20.3 Å². The van der Waals surface area contributed by atoms with Crippen LogP contribution >= 0.6 is 0 Å². The van der Waals surface area contributed by atoms with Crippen LogP contribution in [0.2, 0.25) is 0 Å². The van der Waals surface area contributed by atoms with Crippen molar-refractivity contribution in [1.29, 1.82) is 0 Å². The topological polar surface area (TPSA) is 71.5 Å². The molecular formula is C12H18FNO4S2. The van der Waals surface area contributed by atoms with E-state index < -0.39 is 25.1 Å². The van der Waals surface area contributed by atoms with E-state index in [2.05, 4.69) is 0 Å². The lowest BCUT2D eigenvalue weighted by Crippen LogP contribution is -2.28. The molecule has 1 aromatic carbocycles. The Morgan fingerprint density at radius 3 is 1.90 bits per heavy atom. The lowest BCUT2D eigenvalue weighted by molar-refractivity contribution is 0.428. The fourth-order valence-electron chi connectivity index (χ4n) is 1.51. The summed E-state index contributed by atoms with van der Waals surface area (Å²) in [6.07, 6.45) is 0.715. The van der Waals surface area contributed by atoms with Gasteiger partial charge in [0.15, 0.2) is 0 Å². The summed E-state index contributed by atoms with van der Waals surface area (Å²) in [5.41, 5.74) is 0. The molecule has 0 fully saturated rings. The Bertz CT molecular complexity index is 651. The fourth-order valence-corrected chi connectivity index (χ4v) is 3.16. The first-order chi connectivity index (χ1) is 9.05. The Balaban J connectivity index is 2.99. The fraction of sp³-hybridized carbons (Fsp3) is 0.500. The van der Waals surface area contributed by atoms with Crippen LogP contribution in [0, 0.1) is 5.92 Å². The summed E-state index contributed by atoms with van der Waals surface area (Å²) in [4.78, 5) is -0.613. The van der Waals surface area contributed by atoms with Crippen LogP contribution in [0.5, 0.6) is 0 Å². The van der Waals surface area contributed by atoms with Gasteiger partial charge in [0.1, 0.15) is 0 Å². The zero-order chi connectivity index (χ0) is 15.6. The SMILES string of the molecule is CC(C)CCN(C)S(=O)(=O)c1ccc(S(=O)(=O)F)cc1. The minimum Gasteiger partial charge on any atom is -0.207 e. The second kappa shape index (κ2) is 6.19. The molecule has 0 spiro atoms. The molecule has 8 heteroatoms. The summed E-state index contributed by atoms with van der Waals surface area (Å²) in [7, 11) is -7.04. The molecule has 0 heterocycles. The maximum absolute atomic E-state index is 12.7. The molecular weight excluding hydrogens is 305 g/mol. The third-order valence-corrected chi connectivity index (χ3v) is 5.54. The zero-order valence-corrected chi connectivity index (χ0v) is 13.2. The van der Waals surface area contributed by atoms with Crippen molar-refractivity contribution in [1.82, 2.24) is 4.31 Å². The second-order valence-electron chi connectivity index (χ2n) is 4.92.